The van der Waals surface area contributed by atoms with E-state index in [1.54, 1.807) is 0 Å². The third-order valence-electron chi connectivity index (χ3n) is 3.49. The molecule has 0 amide bonds. The van der Waals surface area contributed by atoms with E-state index in [1.807, 2.05) is 0 Å². The van der Waals surface area contributed by atoms with Crippen molar-refractivity contribution in [3.05, 3.63) is 12.3 Å². The largest absolute Gasteiger partial charge is 0.374 e. The lowest BCUT2D eigenvalue weighted by Crippen LogP contribution is -2.30. The number of nitrogens with one attached hydrogen (secondary N) is 1. The van der Waals surface area contributed by atoms with Crippen LogP contribution in [-0.2, 0) is 0 Å². The number of hydrogen-bond donors (Lipinski definition) is 1. The number of nitrogens with zero attached hydrogens (tertiary/aromatic N) is 1. The minimum absolute atomic E-state index is 0.716. The Kier molecular flexibility index (Phi) is 6.55. The van der Waals surface area contributed by atoms with Crippen molar-refractivity contribution in [2.45, 2.75) is 46.0 Å². The molecule has 1 aliphatic rings. The van der Waals surface area contributed by atoms with E-state index in [0.717, 1.165) is 19.6 Å². The fraction of sp³-hybridized carbons (Fsp3) is 0.857. The standard InChI is InChI=1S/C14H28N2/c1-4-7-14(8-5-2)13(3)16-11-6-9-15-10-12-16/h14-15H,3-12H2,1-2H3. The van der Waals surface area contributed by atoms with Gasteiger partial charge >= 0.3 is 0 Å². The van der Waals surface area contributed by atoms with Crippen molar-refractivity contribution in [3.63, 3.8) is 0 Å². The first-order chi connectivity index (χ1) is 7.79. The summed E-state index contributed by atoms with van der Waals surface area (Å²) < 4.78 is 0. The molecule has 16 heavy (non-hydrogen) atoms. The zero-order chi connectivity index (χ0) is 11.8. The molecule has 1 saturated heterocycles. The minimum Gasteiger partial charge on any atom is -0.374 e. The molecule has 0 aromatic rings. The van der Waals surface area contributed by atoms with Crippen LogP contribution in [0.1, 0.15) is 46.0 Å². The third kappa shape index (κ3) is 4.17. The van der Waals surface area contributed by atoms with Gasteiger partial charge in [0.15, 0.2) is 0 Å². The lowest BCUT2D eigenvalue weighted by Gasteiger charge is -2.30. The Labute approximate surface area is 101 Å². The van der Waals surface area contributed by atoms with Crippen molar-refractivity contribution in [2.24, 2.45) is 5.92 Å². The number of allylic oxidation sites excluding steroid dienone is 1. The van der Waals surface area contributed by atoms with Crippen molar-refractivity contribution in [1.29, 1.82) is 0 Å². The molecule has 0 radical (unpaired) electrons. The number of rotatable bonds is 6. The molecule has 1 fully saturated rings. The second-order valence-corrected chi connectivity index (χ2v) is 4.86. The van der Waals surface area contributed by atoms with Gasteiger partial charge in [0, 0.05) is 25.3 Å². The van der Waals surface area contributed by atoms with E-state index >= 15 is 0 Å². The Hall–Kier alpha value is -0.500. The molecule has 0 saturated carbocycles. The molecule has 0 atom stereocenters. The second-order valence-electron chi connectivity index (χ2n) is 4.86. The van der Waals surface area contributed by atoms with Gasteiger partial charge in [-0.1, -0.05) is 33.3 Å². The molecule has 2 heteroatoms. The maximum atomic E-state index is 4.36. The van der Waals surface area contributed by atoms with E-state index in [2.05, 4.69) is 30.6 Å². The van der Waals surface area contributed by atoms with E-state index in [4.69, 9.17) is 0 Å². The lowest BCUT2D eigenvalue weighted by molar-refractivity contribution is 0.303. The van der Waals surface area contributed by atoms with Gasteiger partial charge in [0.2, 0.25) is 0 Å². The first-order valence-corrected chi connectivity index (χ1v) is 6.94. The van der Waals surface area contributed by atoms with Gasteiger partial charge in [-0.3, -0.25) is 0 Å². The second kappa shape index (κ2) is 7.72. The minimum atomic E-state index is 0.716. The third-order valence-corrected chi connectivity index (χ3v) is 3.49. The van der Waals surface area contributed by atoms with Gasteiger partial charge in [0.25, 0.3) is 0 Å². The highest BCUT2D eigenvalue weighted by Crippen LogP contribution is 2.24. The molecule has 0 bridgehead atoms. The summed E-state index contributed by atoms with van der Waals surface area (Å²) in [6.45, 7) is 13.5. The van der Waals surface area contributed by atoms with E-state index in [0.29, 0.717) is 5.92 Å². The van der Waals surface area contributed by atoms with Crippen LogP contribution < -0.4 is 5.32 Å². The molecular formula is C14H28N2. The van der Waals surface area contributed by atoms with Gasteiger partial charge in [-0.05, 0) is 31.7 Å². The maximum absolute atomic E-state index is 4.36. The van der Waals surface area contributed by atoms with Crippen LogP contribution in [0.25, 0.3) is 0 Å². The summed E-state index contributed by atoms with van der Waals surface area (Å²) in [5.74, 6) is 0.716. The van der Waals surface area contributed by atoms with E-state index in [1.165, 1.54) is 44.3 Å². The fourth-order valence-corrected chi connectivity index (χ4v) is 2.57. The van der Waals surface area contributed by atoms with Crippen LogP contribution in [0, 0.1) is 5.92 Å². The molecule has 1 N–H and O–H groups in total. The Morgan fingerprint density at radius 2 is 1.88 bits per heavy atom. The van der Waals surface area contributed by atoms with Crippen molar-refractivity contribution in [3.8, 4) is 0 Å². The number of hydrogen-bond acceptors (Lipinski definition) is 2. The Balaban J connectivity index is 2.49. The molecule has 2 nitrogen and oxygen atoms in total. The molecule has 0 aromatic heterocycles. The monoisotopic (exact) mass is 224 g/mol. The van der Waals surface area contributed by atoms with Crippen molar-refractivity contribution in [2.75, 3.05) is 26.2 Å². The predicted octanol–water partition coefficient (Wildman–Crippen LogP) is 3.01. The summed E-state index contributed by atoms with van der Waals surface area (Å²) in [6.07, 6.45) is 6.41. The summed E-state index contributed by atoms with van der Waals surface area (Å²) in [4.78, 5) is 2.51. The topological polar surface area (TPSA) is 15.3 Å². The quantitative estimate of drug-likeness (QED) is 0.746. The Morgan fingerprint density at radius 1 is 1.19 bits per heavy atom. The summed E-state index contributed by atoms with van der Waals surface area (Å²) in [7, 11) is 0. The summed E-state index contributed by atoms with van der Waals surface area (Å²) in [5, 5.41) is 3.45. The average Bonchev–Trinajstić information content (AvgIpc) is 2.56. The van der Waals surface area contributed by atoms with Crippen LogP contribution in [0.15, 0.2) is 12.3 Å². The van der Waals surface area contributed by atoms with E-state index in [9.17, 15) is 0 Å². The molecule has 1 rings (SSSR count). The smallest absolute Gasteiger partial charge is 0.0300 e. The zero-order valence-corrected chi connectivity index (χ0v) is 11.1. The zero-order valence-electron chi connectivity index (χ0n) is 11.1. The molecular weight excluding hydrogens is 196 g/mol. The van der Waals surface area contributed by atoms with Crippen LogP contribution in [0.5, 0.6) is 0 Å². The van der Waals surface area contributed by atoms with Crippen molar-refractivity contribution < 1.29 is 0 Å². The summed E-state index contributed by atoms with van der Waals surface area (Å²) >= 11 is 0. The molecule has 1 aliphatic heterocycles. The Bertz CT molecular complexity index is 183. The van der Waals surface area contributed by atoms with Crippen molar-refractivity contribution >= 4 is 0 Å². The van der Waals surface area contributed by atoms with Crippen molar-refractivity contribution in [1.82, 2.24) is 10.2 Å². The van der Waals surface area contributed by atoms with Gasteiger partial charge in [0.1, 0.15) is 0 Å². The van der Waals surface area contributed by atoms with E-state index in [-0.39, 0.29) is 0 Å². The highest BCUT2D eigenvalue weighted by Gasteiger charge is 2.17. The molecule has 94 valence electrons. The average molecular weight is 224 g/mol. The molecule has 0 spiro atoms. The lowest BCUT2D eigenvalue weighted by atomic mass is 9.94. The van der Waals surface area contributed by atoms with Gasteiger partial charge in [-0.15, -0.1) is 0 Å². The van der Waals surface area contributed by atoms with Gasteiger partial charge in [-0.2, -0.15) is 0 Å². The molecule has 0 aliphatic carbocycles. The molecule has 0 unspecified atom stereocenters. The Morgan fingerprint density at radius 3 is 2.50 bits per heavy atom. The van der Waals surface area contributed by atoms with Crippen LogP contribution in [0.4, 0.5) is 0 Å². The first-order valence-electron chi connectivity index (χ1n) is 6.94. The van der Waals surface area contributed by atoms with Crippen LogP contribution in [0.2, 0.25) is 0 Å². The van der Waals surface area contributed by atoms with Gasteiger partial charge in [-0.25, -0.2) is 0 Å². The van der Waals surface area contributed by atoms with Crippen LogP contribution in [-0.4, -0.2) is 31.1 Å². The first kappa shape index (κ1) is 13.6. The summed E-state index contributed by atoms with van der Waals surface area (Å²) in [6, 6.07) is 0. The predicted molar refractivity (Wildman–Crippen MR) is 71.5 cm³/mol. The van der Waals surface area contributed by atoms with Crippen LogP contribution >= 0.6 is 0 Å². The van der Waals surface area contributed by atoms with E-state index < -0.39 is 0 Å². The molecule has 0 aromatic carbocycles. The normalized spacial score (nSPS) is 17.6. The maximum Gasteiger partial charge on any atom is 0.0300 e. The SMILES string of the molecule is C=C(C(CCC)CCC)N1CCCNCC1. The van der Waals surface area contributed by atoms with Gasteiger partial charge in [0.05, 0.1) is 0 Å². The van der Waals surface area contributed by atoms with Gasteiger partial charge < -0.3 is 10.2 Å². The molecule has 1 heterocycles. The summed E-state index contributed by atoms with van der Waals surface area (Å²) in [5.41, 5.74) is 1.40. The fourth-order valence-electron chi connectivity index (χ4n) is 2.57. The highest BCUT2D eigenvalue weighted by atomic mass is 15.2. The van der Waals surface area contributed by atoms with Crippen LogP contribution in [0.3, 0.4) is 0 Å². The highest BCUT2D eigenvalue weighted by molar-refractivity contribution is 5.00.